The maximum Gasteiger partial charge on any atom is 0.277 e. The van der Waals surface area contributed by atoms with Crippen molar-refractivity contribution < 1.29 is 14.4 Å². The fourth-order valence-electron chi connectivity index (χ4n) is 4.19. The fourth-order valence-corrected chi connectivity index (χ4v) is 4.19. The minimum Gasteiger partial charge on any atom is -0.373 e. The molecule has 2 aliphatic rings. The van der Waals surface area contributed by atoms with Gasteiger partial charge in [-0.25, -0.2) is 0 Å². The maximum absolute atomic E-state index is 13.8. The molecule has 2 atom stereocenters. The average Bonchev–Trinajstić information content (AvgIpc) is 3.28. The van der Waals surface area contributed by atoms with Crippen LogP contribution in [0.15, 0.2) is 78.0 Å². The van der Waals surface area contributed by atoms with Gasteiger partial charge in [-0.1, -0.05) is 83.0 Å². The Kier molecular flexibility index (Phi) is 4.07. The summed E-state index contributed by atoms with van der Waals surface area (Å²) < 4.78 is 0. The van der Waals surface area contributed by atoms with E-state index in [0.29, 0.717) is 22.5 Å². The van der Waals surface area contributed by atoms with E-state index >= 15 is 0 Å². The smallest absolute Gasteiger partial charge is 0.277 e. The number of Topliss-reactive ketones (excluding diaryl/α,β-unsaturated/α-hetero) is 1. The zero-order chi connectivity index (χ0) is 20.9. The van der Waals surface area contributed by atoms with Gasteiger partial charge in [0.1, 0.15) is 11.6 Å². The minimum atomic E-state index is -1.52. The summed E-state index contributed by atoms with van der Waals surface area (Å²) >= 11 is 0. The molecule has 0 saturated heterocycles. The molecule has 0 fully saturated rings. The third-order valence-electron chi connectivity index (χ3n) is 5.83. The molecule has 1 amide bonds. The highest BCUT2D eigenvalue weighted by molar-refractivity contribution is 6.24. The lowest BCUT2D eigenvalue weighted by Gasteiger charge is -2.26. The van der Waals surface area contributed by atoms with Crippen LogP contribution in [0.4, 0.5) is 5.69 Å². The molecule has 30 heavy (non-hydrogen) atoms. The predicted molar refractivity (Wildman–Crippen MR) is 115 cm³/mol. The van der Waals surface area contributed by atoms with Crippen molar-refractivity contribution in [2.45, 2.75) is 19.4 Å². The van der Waals surface area contributed by atoms with Gasteiger partial charge in [-0.2, -0.15) is 0 Å². The monoisotopic (exact) mass is 396 g/mol. The van der Waals surface area contributed by atoms with E-state index in [9.17, 15) is 9.59 Å². The van der Waals surface area contributed by atoms with E-state index in [1.54, 1.807) is 12.1 Å². The molecule has 5 nitrogen and oxygen atoms in total. The molecule has 0 unspecified atom stereocenters. The number of hydrogen-bond donors (Lipinski definition) is 1. The number of oxime groups is 1. The second-order valence-electron chi connectivity index (χ2n) is 7.83. The van der Waals surface area contributed by atoms with Crippen LogP contribution in [0.2, 0.25) is 0 Å². The van der Waals surface area contributed by atoms with Crippen molar-refractivity contribution in [3.05, 3.63) is 101 Å². The molecule has 3 aromatic rings. The molecule has 0 bridgehead atoms. The number of aryl methyl sites for hydroxylation is 2. The van der Waals surface area contributed by atoms with Crippen LogP contribution in [0.3, 0.4) is 0 Å². The van der Waals surface area contributed by atoms with Crippen LogP contribution in [0.25, 0.3) is 0 Å². The number of anilines is 1. The molecule has 148 valence electrons. The molecule has 0 aliphatic carbocycles. The molecule has 1 spiro atoms. The number of rotatable bonds is 3. The van der Waals surface area contributed by atoms with E-state index in [1.807, 2.05) is 74.5 Å². The molecule has 2 aliphatic heterocycles. The zero-order valence-corrected chi connectivity index (χ0v) is 16.7. The molecule has 1 N–H and O–H groups in total. The SMILES string of the molecule is Cc1ccc(C(=O)[C@H]2C(c3ccc(C)cc3)=NO[C@]23C(=O)Nc2ccccc23)cc1. The van der Waals surface area contributed by atoms with Crippen molar-refractivity contribution in [1.29, 1.82) is 0 Å². The normalized spacial score (nSPS) is 21.7. The Bertz CT molecular complexity index is 1200. The molecule has 0 saturated carbocycles. The summed E-state index contributed by atoms with van der Waals surface area (Å²) in [5.41, 5.74) is 3.66. The van der Waals surface area contributed by atoms with Crippen LogP contribution in [-0.4, -0.2) is 17.4 Å². The van der Waals surface area contributed by atoms with Gasteiger partial charge in [0.15, 0.2) is 5.78 Å². The number of ketones is 1. The van der Waals surface area contributed by atoms with Crippen LogP contribution < -0.4 is 5.32 Å². The first-order valence-electron chi connectivity index (χ1n) is 9.85. The molecule has 2 heterocycles. The van der Waals surface area contributed by atoms with Gasteiger partial charge >= 0.3 is 0 Å². The summed E-state index contributed by atoms with van der Waals surface area (Å²) in [7, 11) is 0. The van der Waals surface area contributed by atoms with Gasteiger partial charge in [-0.15, -0.1) is 0 Å². The molecular weight excluding hydrogens is 376 g/mol. The molecular formula is C25H20N2O3. The minimum absolute atomic E-state index is 0.196. The molecule has 5 rings (SSSR count). The number of hydrogen-bond acceptors (Lipinski definition) is 4. The number of carbonyl (C=O) groups excluding carboxylic acids is 2. The van der Waals surface area contributed by atoms with E-state index in [0.717, 1.165) is 16.7 Å². The van der Waals surface area contributed by atoms with E-state index in [-0.39, 0.29) is 11.7 Å². The number of para-hydroxylation sites is 1. The van der Waals surface area contributed by atoms with Crippen LogP contribution in [0.5, 0.6) is 0 Å². The second-order valence-corrected chi connectivity index (χ2v) is 7.83. The standard InChI is InChI=1S/C25H20N2O3/c1-15-7-11-17(12-8-15)22-21(23(28)18-13-9-16(2)10-14-18)25(30-27-22)19-5-3-4-6-20(19)26-24(25)29/h3-14,21H,1-2H3,(H,26,29)/t21-,25+/m1/s1. The van der Waals surface area contributed by atoms with Crippen LogP contribution in [0.1, 0.15) is 32.6 Å². The Labute approximate surface area is 174 Å². The second kappa shape index (κ2) is 6.66. The van der Waals surface area contributed by atoms with Crippen molar-refractivity contribution in [3.63, 3.8) is 0 Å². The first-order chi connectivity index (χ1) is 14.5. The number of carbonyl (C=O) groups is 2. The molecule has 5 heteroatoms. The number of nitrogens with zero attached hydrogens (tertiary/aromatic N) is 1. The molecule has 3 aromatic carbocycles. The number of nitrogens with one attached hydrogen (secondary N) is 1. The summed E-state index contributed by atoms with van der Waals surface area (Å²) in [5.74, 6) is -1.47. The molecule has 0 radical (unpaired) electrons. The van der Waals surface area contributed by atoms with Gasteiger partial charge in [-0.3, -0.25) is 9.59 Å². The summed E-state index contributed by atoms with van der Waals surface area (Å²) in [6.07, 6.45) is 0. The Morgan fingerprint density at radius 2 is 1.57 bits per heavy atom. The van der Waals surface area contributed by atoms with Crippen LogP contribution in [-0.2, 0) is 15.2 Å². The topological polar surface area (TPSA) is 67.8 Å². The quantitative estimate of drug-likeness (QED) is 0.668. The third-order valence-corrected chi connectivity index (χ3v) is 5.83. The lowest BCUT2D eigenvalue weighted by molar-refractivity contribution is -0.140. The summed E-state index contributed by atoms with van der Waals surface area (Å²) in [6.45, 7) is 3.96. The maximum atomic E-state index is 13.8. The fraction of sp³-hybridized carbons (Fsp3) is 0.160. The lowest BCUT2D eigenvalue weighted by atomic mass is 9.74. The summed E-state index contributed by atoms with van der Waals surface area (Å²) in [4.78, 5) is 32.9. The summed E-state index contributed by atoms with van der Waals surface area (Å²) in [5, 5.41) is 7.17. The Hall–Kier alpha value is -3.73. The van der Waals surface area contributed by atoms with Crippen molar-refractivity contribution in [2.75, 3.05) is 5.32 Å². The first-order valence-corrected chi connectivity index (χ1v) is 9.85. The third kappa shape index (κ3) is 2.59. The predicted octanol–water partition coefficient (Wildman–Crippen LogP) is 4.38. The zero-order valence-electron chi connectivity index (χ0n) is 16.7. The number of benzene rings is 3. The Morgan fingerprint density at radius 1 is 0.933 bits per heavy atom. The highest BCUT2D eigenvalue weighted by Crippen LogP contribution is 2.49. The first kappa shape index (κ1) is 18.3. The number of fused-ring (bicyclic) bond motifs is 2. The highest BCUT2D eigenvalue weighted by Gasteiger charge is 2.63. The van der Waals surface area contributed by atoms with E-state index in [1.165, 1.54) is 0 Å². The average molecular weight is 396 g/mol. The lowest BCUT2D eigenvalue weighted by Crippen LogP contribution is -2.46. The van der Waals surface area contributed by atoms with Gasteiger partial charge in [0, 0.05) is 22.4 Å². The largest absolute Gasteiger partial charge is 0.373 e. The van der Waals surface area contributed by atoms with Crippen molar-refractivity contribution >= 4 is 23.1 Å². The van der Waals surface area contributed by atoms with Crippen molar-refractivity contribution in [3.8, 4) is 0 Å². The van der Waals surface area contributed by atoms with Gasteiger partial charge < -0.3 is 10.2 Å². The van der Waals surface area contributed by atoms with E-state index in [4.69, 9.17) is 4.84 Å². The van der Waals surface area contributed by atoms with Gasteiger partial charge in [-0.05, 0) is 19.9 Å². The van der Waals surface area contributed by atoms with E-state index in [2.05, 4.69) is 10.5 Å². The van der Waals surface area contributed by atoms with Gasteiger partial charge in [0.05, 0.1) is 0 Å². The Morgan fingerprint density at radius 3 is 2.27 bits per heavy atom. The van der Waals surface area contributed by atoms with Gasteiger partial charge in [0.25, 0.3) is 11.5 Å². The van der Waals surface area contributed by atoms with Crippen LogP contribution >= 0.6 is 0 Å². The van der Waals surface area contributed by atoms with Crippen LogP contribution in [0, 0.1) is 19.8 Å². The van der Waals surface area contributed by atoms with Gasteiger partial charge in [0.2, 0.25) is 0 Å². The summed E-state index contributed by atoms with van der Waals surface area (Å²) in [6, 6.07) is 22.4. The highest BCUT2D eigenvalue weighted by atomic mass is 16.7. The van der Waals surface area contributed by atoms with E-state index < -0.39 is 11.5 Å². The van der Waals surface area contributed by atoms with Crippen molar-refractivity contribution in [2.24, 2.45) is 11.1 Å². The van der Waals surface area contributed by atoms with Crippen molar-refractivity contribution in [1.82, 2.24) is 0 Å². The Balaban J connectivity index is 1.69. The number of amides is 1. The molecule has 0 aromatic heterocycles.